The van der Waals surface area contributed by atoms with Crippen molar-refractivity contribution < 1.29 is 0 Å². The number of rotatable bonds is 2. The molecule has 2 aliphatic heterocycles. The van der Waals surface area contributed by atoms with Crippen molar-refractivity contribution >= 4 is 11.8 Å². The Balaban J connectivity index is 1.72. The van der Waals surface area contributed by atoms with Crippen LogP contribution in [-0.2, 0) is 0 Å². The second-order valence-electron chi connectivity index (χ2n) is 5.59. The van der Waals surface area contributed by atoms with Crippen molar-refractivity contribution in [1.29, 1.82) is 0 Å². The quantitative estimate of drug-likeness (QED) is 0.872. The van der Waals surface area contributed by atoms with E-state index in [0.29, 0.717) is 6.04 Å². The van der Waals surface area contributed by atoms with Crippen molar-refractivity contribution in [3.63, 3.8) is 0 Å². The molecule has 0 aromatic carbocycles. The fraction of sp³-hybridized carbons (Fsp3) is 0.714. The summed E-state index contributed by atoms with van der Waals surface area (Å²) < 4.78 is 0. The van der Waals surface area contributed by atoms with Gasteiger partial charge in [0, 0.05) is 38.4 Å². The lowest BCUT2D eigenvalue weighted by atomic mass is 10.1. The van der Waals surface area contributed by atoms with Crippen molar-refractivity contribution in [3.05, 3.63) is 12.3 Å². The van der Waals surface area contributed by atoms with Crippen LogP contribution < -0.4 is 15.5 Å². The van der Waals surface area contributed by atoms with Gasteiger partial charge in [0.1, 0.15) is 5.82 Å². The van der Waals surface area contributed by atoms with E-state index >= 15 is 0 Å². The number of nitrogens with zero attached hydrogens (tertiary/aromatic N) is 4. The van der Waals surface area contributed by atoms with Crippen LogP contribution in [0.4, 0.5) is 11.8 Å². The van der Waals surface area contributed by atoms with Gasteiger partial charge in [0.15, 0.2) is 0 Å². The summed E-state index contributed by atoms with van der Waals surface area (Å²) in [5, 5.41) is 0. The maximum Gasteiger partial charge on any atom is 0.227 e. The average molecular weight is 261 g/mol. The first kappa shape index (κ1) is 12.7. The molecule has 5 heteroatoms. The van der Waals surface area contributed by atoms with Gasteiger partial charge in [0.25, 0.3) is 0 Å². The molecule has 2 N–H and O–H groups in total. The van der Waals surface area contributed by atoms with Gasteiger partial charge in [-0.3, -0.25) is 0 Å². The highest BCUT2D eigenvalue weighted by Gasteiger charge is 2.19. The summed E-state index contributed by atoms with van der Waals surface area (Å²) in [5.74, 6) is 1.95. The molecule has 0 bridgehead atoms. The Bertz CT molecular complexity index is 408. The van der Waals surface area contributed by atoms with Gasteiger partial charge in [-0.2, -0.15) is 4.98 Å². The van der Waals surface area contributed by atoms with E-state index in [4.69, 9.17) is 10.7 Å². The fourth-order valence-electron chi connectivity index (χ4n) is 2.89. The molecule has 1 aromatic rings. The topological polar surface area (TPSA) is 58.3 Å². The number of hydrogen-bond donors (Lipinski definition) is 1. The molecule has 0 spiro atoms. The number of piperidine rings is 2. The number of aromatic nitrogens is 2. The lowest BCUT2D eigenvalue weighted by Crippen LogP contribution is -2.40. The van der Waals surface area contributed by atoms with Crippen LogP contribution in [0.2, 0.25) is 0 Å². The van der Waals surface area contributed by atoms with Crippen molar-refractivity contribution in [1.82, 2.24) is 9.97 Å². The Hall–Kier alpha value is -1.36. The van der Waals surface area contributed by atoms with Crippen molar-refractivity contribution in [3.8, 4) is 0 Å². The first-order valence-electron chi connectivity index (χ1n) is 7.41. The Morgan fingerprint density at radius 3 is 2.47 bits per heavy atom. The largest absolute Gasteiger partial charge is 0.356 e. The van der Waals surface area contributed by atoms with E-state index in [9.17, 15) is 0 Å². The van der Waals surface area contributed by atoms with Gasteiger partial charge in [-0.1, -0.05) is 0 Å². The number of anilines is 2. The molecular formula is C14H23N5. The Labute approximate surface area is 114 Å². The zero-order valence-electron chi connectivity index (χ0n) is 11.5. The van der Waals surface area contributed by atoms with Crippen LogP contribution in [0, 0.1) is 0 Å². The van der Waals surface area contributed by atoms with E-state index in [0.717, 1.165) is 50.8 Å². The third-order valence-electron chi connectivity index (χ3n) is 4.13. The highest BCUT2D eigenvalue weighted by Crippen LogP contribution is 2.21. The van der Waals surface area contributed by atoms with E-state index in [1.807, 2.05) is 12.3 Å². The molecule has 1 aromatic heterocycles. The smallest absolute Gasteiger partial charge is 0.227 e. The van der Waals surface area contributed by atoms with Gasteiger partial charge in [0.2, 0.25) is 5.95 Å². The van der Waals surface area contributed by atoms with Crippen LogP contribution in [0.15, 0.2) is 12.3 Å². The summed E-state index contributed by atoms with van der Waals surface area (Å²) in [6.45, 7) is 4.21. The summed E-state index contributed by atoms with van der Waals surface area (Å²) >= 11 is 0. The molecule has 2 saturated heterocycles. The summed E-state index contributed by atoms with van der Waals surface area (Å²) in [6, 6.07) is 2.38. The van der Waals surface area contributed by atoms with Crippen molar-refractivity contribution in [2.24, 2.45) is 5.73 Å². The van der Waals surface area contributed by atoms with Gasteiger partial charge < -0.3 is 15.5 Å². The maximum absolute atomic E-state index is 5.95. The molecule has 104 valence electrons. The zero-order valence-corrected chi connectivity index (χ0v) is 11.5. The zero-order chi connectivity index (χ0) is 13.1. The van der Waals surface area contributed by atoms with E-state index in [2.05, 4.69) is 14.8 Å². The highest BCUT2D eigenvalue weighted by molar-refractivity contribution is 5.44. The SMILES string of the molecule is NC1CCN(c2nccc(N3CCCCC3)n2)CC1. The Morgan fingerprint density at radius 2 is 1.74 bits per heavy atom. The number of hydrogen-bond acceptors (Lipinski definition) is 5. The molecule has 0 unspecified atom stereocenters. The summed E-state index contributed by atoms with van der Waals surface area (Å²) in [4.78, 5) is 13.8. The second-order valence-corrected chi connectivity index (χ2v) is 5.59. The molecular weight excluding hydrogens is 238 g/mol. The molecule has 5 nitrogen and oxygen atoms in total. The van der Waals surface area contributed by atoms with Crippen LogP contribution in [0.1, 0.15) is 32.1 Å². The van der Waals surface area contributed by atoms with Crippen LogP contribution in [0.5, 0.6) is 0 Å². The van der Waals surface area contributed by atoms with E-state index in [-0.39, 0.29) is 0 Å². The molecule has 0 aliphatic carbocycles. The standard InChI is InChI=1S/C14H23N5/c15-12-5-10-19(11-6-12)14-16-7-4-13(17-14)18-8-2-1-3-9-18/h4,7,12H,1-3,5-6,8-11,15H2. The molecule has 0 radical (unpaired) electrons. The second kappa shape index (κ2) is 5.74. The molecule has 0 atom stereocenters. The fourth-order valence-corrected chi connectivity index (χ4v) is 2.89. The maximum atomic E-state index is 5.95. The molecule has 0 amide bonds. The predicted octanol–water partition coefficient (Wildman–Crippen LogP) is 1.39. The number of nitrogens with two attached hydrogens (primary N) is 1. The van der Waals surface area contributed by atoms with Crippen LogP contribution in [0.25, 0.3) is 0 Å². The van der Waals surface area contributed by atoms with Crippen molar-refractivity contribution in [2.45, 2.75) is 38.1 Å². The highest BCUT2D eigenvalue weighted by atomic mass is 15.3. The molecule has 19 heavy (non-hydrogen) atoms. The molecule has 3 heterocycles. The van der Waals surface area contributed by atoms with Gasteiger partial charge >= 0.3 is 0 Å². The minimum atomic E-state index is 0.349. The van der Waals surface area contributed by atoms with Gasteiger partial charge in [-0.15, -0.1) is 0 Å². The van der Waals surface area contributed by atoms with Crippen molar-refractivity contribution in [2.75, 3.05) is 36.0 Å². The third kappa shape index (κ3) is 2.97. The molecule has 2 aliphatic rings. The summed E-state index contributed by atoms with van der Waals surface area (Å²) in [6.07, 6.45) is 7.86. The normalized spacial score (nSPS) is 21.7. The molecule has 0 saturated carbocycles. The Kier molecular flexibility index (Phi) is 3.82. The van der Waals surface area contributed by atoms with Crippen LogP contribution >= 0.6 is 0 Å². The lowest BCUT2D eigenvalue weighted by Gasteiger charge is -2.32. The van der Waals surface area contributed by atoms with E-state index < -0.39 is 0 Å². The van der Waals surface area contributed by atoms with E-state index in [1.165, 1.54) is 19.3 Å². The molecule has 2 fully saturated rings. The first-order valence-corrected chi connectivity index (χ1v) is 7.41. The minimum absolute atomic E-state index is 0.349. The van der Waals surface area contributed by atoms with E-state index in [1.54, 1.807) is 0 Å². The van der Waals surface area contributed by atoms with Gasteiger partial charge in [-0.05, 0) is 38.2 Å². The average Bonchev–Trinajstić information content (AvgIpc) is 2.49. The third-order valence-corrected chi connectivity index (χ3v) is 4.13. The Morgan fingerprint density at radius 1 is 1.00 bits per heavy atom. The van der Waals surface area contributed by atoms with Gasteiger partial charge in [0.05, 0.1) is 0 Å². The summed E-state index contributed by atoms with van der Waals surface area (Å²) in [7, 11) is 0. The monoisotopic (exact) mass is 261 g/mol. The minimum Gasteiger partial charge on any atom is -0.356 e. The predicted molar refractivity (Wildman–Crippen MR) is 77.5 cm³/mol. The summed E-state index contributed by atoms with van der Waals surface area (Å²) in [5.41, 5.74) is 5.95. The van der Waals surface area contributed by atoms with Gasteiger partial charge in [-0.25, -0.2) is 4.98 Å². The van der Waals surface area contributed by atoms with Crippen LogP contribution in [-0.4, -0.2) is 42.2 Å². The first-order chi connectivity index (χ1) is 9.33. The van der Waals surface area contributed by atoms with Crippen LogP contribution in [0.3, 0.4) is 0 Å². The lowest BCUT2D eigenvalue weighted by molar-refractivity contribution is 0.495. The molecule has 3 rings (SSSR count).